The Hall–Kier alpha value is 0.00377. The molecule has 0 N–H and O–H groups in total. The molecule has 2 aliphatic rings. The molecule has 1 heterocycles. The van der Waals surface area contributed by atoms with Crippen LogP contribution in [-0.4, -0.2) is 21.0 Å². The van der Waals surface area contributed by atoms with Crippen LogP contribution in [-0.2, 0) is 0 Å². The van der Waals surface area contributed by atoms with E-state index in [0.29, 0.717) is 0 Å². The summed E-state index contributed by atoms with van der Waals surface area (Å²) in [5, 5.41) is 1.67. The topological polar surface area (TPSA) is 0 Å². The zero-order chi connectivity index (χ0) is 12.1. The minimum Gasteiger partial charge on any atom is -0.121 e. The summed E-state index contributed by atoms with van der Waals surface area (Å²) in [7, 11) is -2.20. The van der Waals surface area contributed by atoms with Crippen molar-refractivity contribution in [3.05, 3.63) is 33.9 Å². The molecule has 0 aromatic rings. The summed E-state index contributed by atoms with van der Waals surface area (Å²) in [6.45, 7) is 14.8. The van der Waals surface area contributed by atoms with Gasteiger partial charge in [-0.2, -0.15) is 0 Å². The normalized spacial score (nSPS) is 25.1. The molecule has 3 heteroatoms. The Morgan fingerprint density at radius 2 is 1.62 bits per heavy atom. The average Bonchev–Trinajstić information content (AvgIpc) is 2.53. The van der Waals surface area contributed by atoms with Gasteiger partial charge in [-0.3, -0.25) is 0 Å². The van der Waals surface area contributed by atoms with Gasteiger partial charge in [-0.25, -0.2) is 0 Å². The van der Waals surface area contributed by atoms with Crippen molar-refractivity contribution in [1.82, 2.24) is 0 Å². The first-order chi connectivity index (χ1) is 7.19. The second kappa shape index (κ2) is 3.75. The minimum atomic E-state index is -1.15. The van der Waals surface area contributed by atoms with Gasteiger partial charge in [-0.05, 0) is 10.8 Å². The highest BCUT2D eigenvalue weighted by Gasteiger charge is 2.36. The van der Waals surface area contributed by atoms with Gasteiger partial charge in [0.25, 0.3) is 0 Å². The van der Waals surface area contributed by atoms with E-state index in [2.05, 4.69) is 69.3 Å². The Bertz CT molecular complexity index is 403. The molecule has 0 saturated heterocycles. The number of hydrogen-bond donors (Lipinski definition) is 0. The van der Waals surface area contributed by atoms with Gasteiger partial charge in [-0.1, -0.05) is 57.5 Å². The number of thioether (sulfide) groups is 1. The largest absolute Gasteiger partial charge is 0.121 e. The standard InChI is InChI=1S/C13H22SSi2/c1-15(2,3)11-8-7-10-9-12(14-13(10)11)16(4,5)6/h7-9,12H,1-6H3. The van der Waals surface area contributed by atoms with E-state index in [0.717, 1.165) is 4.87 Å². The van der Waals surface area contributed by atoms with Crippen LogP contribution >= 0.6 is 11.8 Å². The zero-order valence-electron chi connectivity index (χ0n) is 11.2. The highest BCUT2D eigenvalue weighted by Crippen LogP contribution is 2.47. The van der Waals surface area contributed by atoms with Gasteiger partial charge in [-0.15, -0.1) is 11.8 Å². The second-order valence-electron chi connectivity index (χ2n) is 6.85. The molecule has 0 aromatic carbocycles. The Morgan fingerprint density at radius 1 is 1.00 bits per heavy atom. The number of allylic oxidation sites excluding steroid dienone is 4. The summed E-state index contributed by atoms with van der Waals surface area (Å²) in [6, 6.07) is 0. The number of hydrogen-bond acceptors (Lipinski definition) is 1. The van der Waals surface area contributed by atoms with Gasteiger partial charge in [0.05, 0.1) is 16.1 Å². The van der Waals surface area contributed by atoms with Gasteiger partial charge in [0.2, 0.25) is 0 Å². The molecule has 0 nitrogen and oxygen atoms in total. The van der Waals surface area contributed by atoms with Crippen molar-refractivity contribution in [2.75, 3.05) is 0 Å². The van der Waals surface area contributed by atoms with Gasteiger partial charge >= 0.3 is 0 Å². The molecule has 0 bridgehead atoms. The fourth-order valence-corrected chi connectivity index (χ4v) is 7.97. The molecule has 0 fully saturated rings. The lowest BCUT2D eigenvalue weighted by atomic mass is 10.3. The van der Waals surface area contributed by atoms with E-state index in [4.69, 9.17) is 0 Å². The van der Waals surface area contributed by atoms with E-state index in [1.54, 1.807) is 10.1 Å². The van der Waals surface area contributed by atoms with Crippen LogP contribution in [0.4, 0.5) is 0 Å². The Kier molecular flexibility index (Phi) is 2.92. The van der Waals surface area contributed by atoms with Crippen LogP contribution in [0.1, 0.15) is 0 Å². The summed E-state index contributed by atoms with van der Waals surface area (Å²) >= 11 is 2.14. The number of rotatable bonds is 2. The monoisotopic (exact) mass is 266 g/mol. The maximum Gasteiger partial charge on any atom is 0.0790 e. The zero-order valence-corrected chi connectivity index (χ0v) is 14.0. The van der Waals surface area contributed by atoms with E-state index in [-0.39, 0.29) is 0 Å². The van der Waals surface area contributed by atoms with Crippen LogP contribution in [0.3, 0.4) is 0 Å². The molecular weight excluding hydrogens is 244 g/mol. The summed E-state index contributed by atoms with van der Waals surface area (Å²) in [6.07, 6.45) is 7.24. The van der Waals surface area contributed by atoms with E-state index in [9.17, 15) is 0 Å². The van der Waals surface area contributed by atoms with E-state index < -0.39 is 16.1 Å². The third-order valence-corrected chi connectivity index (χ3v) is 10.8. The molecule has 1 unspecified atom stereocenters. The quantitative estimate of drug-likeness (QED) is 0.658. The Labute approximate surface area is 106 Å². The minimum absolute atomic E-state index is 0.786. The first kappa shape index (κ1) is 12.5. The van der Waals surface area contributed by atoms with Gasteiger partial charge < -0.3 is 0 Å². The first-order valence-electron chi connectivity index (χ1n) is 6.01. The van der Waals surface area contributed by atoms with Crippen molar-refractivity contribution >= 4 is 27.9 Å². The Balaban J connectivity index is 2.35. The lowest BCUT2D eigenvalue weighted by molar-refractivity contribution is 1.45. The van der Waals surface area contributed by atoms with Crippen molar-refractivity contribution in [2.24, 2.45) is 0 Å². The molecule has 0 saturated carbocycles. The molecule has 1 aliphatic heterocycles. The fraction of sp³-hybridized carbons (Fsp3) is 0.538. The van der Waals surface area contributed by atoms with Crippen molar-refractivity contribution in [1.29, 1.82) is 0 Å². The molecule has 88 valence electrons. The van der Waals surface area contributed by atoms with E-state index in [1.807, 2.05) is 0 Å². The van der Waals surface area contributed by atoms with Crippen LogP contribution in [0.25, 0.3) is 0 Å². The van der Waals surface area contributed by atoms with Crippen molar-refractivity contribution < 1.29 is 0 Å². The molecule has 1 atom stereocenters. The number of fused-ring (bicyclic) bond motifs is 1. The second-order valence-corrected chi connectivity index (χ2v) is 18.8. The molecular formula is C13H22SSi2. The average molecular weight is 267 g/mol. The maximum atomic E-state index is 2.52. The van der Waals surface area contributed by atoms with Crippen LogP contribution < -0.4 is 0 Å². The third-order valence-electron chi connectivity index (χ3n) is 3.17. The van der Waals surface area contributed by atoms with Crippen LogP contribution in [0.5, 0.6) is 0 Å². The van der Waals surface area contributed by atoms with Gasteiger partial charge in [0, 0.05) is 9.78 Å². The summed E-state index contributed by atoms with van der Waals surface area (Å²) in [4.78, 5) is 2.40. The molecule has 0 amide bonds. The molecule has 0 aromatic heterocycles. The SMILES string of the molecule is C[Si](C)(C)C1=C2SC([Si](C)(C)C)C=C2C=C1. The molecule has 1 aliphatic carbocycles. The molecule has 16 heavy (non-hydrogen) atoms. The van der Waals surface area contributed by atoms with Crippen molar-refractivity contribution in [3.63, 3.8) is 0 Å². The lowest BCUT2D eigenvalue weighted by Gasteiger charge is -2.24. The fourth-order valence-electron chi connectivity index (χ4n) is 2.08. The van der Waals surface area contributed by atoms with Crippen molar-refractivity contribution in [3.8, 4) is 0 Å². The van der Waals surface area contributed by atoms with Crippen LogP contribution in [0, 0.1) is 0 Å². The highest BCUT2D eigenvalue weighted by atomic mass is 32.2. The molecule has 2 rings (SSSR count). The summed E-state index contributed by atoms with van der Waals surface area (Å²) < 4.78 is 0. The van der Waals surface area contributed by atoms with E-state index in [1.165, 1.54) is 5.57 Å². The molecule has 0 spiro atoms. The predicted octanol–water partition coefficient (Wildman–Crippen LogP) is 4.61. The third kappa shape index (κ3) is 2.17. The maximum absolute atomic E-state index is 2.52. The summed E-state index contributed by atoms with van der Waals surface area (Å²) in [5.74, 6) is 0. The Morgan fingerprint density at radius 3 is 2.12 bits per heavy atom. The summed E-state index contributed by atoms with van der Waals surface area (Å²) in [5.41, 5.74) is 1.52. The first-order valence-corrected chi connectivity index (χ1v) is 14.0. The highest BCUT2D eigenvalue weighted by molar-refractivity contribution is 8.06. The smallest absolute Gasteiger partial charge is 0.0790 e. The van der Waals surface area contributed by atoms with Crippen molar-refractivity contribution in [2.45, 2.75) is 44.2 Å². The van der Waals surface area contributed by atoms with Gasteiger partial charge in [0.15, 0.2) is 0 Å². The van der Waals surface area contributed by atoms with E-state index >= 15 is 0 Å². The molecule has 0 radical (unpaired) electrons. The van der Waals surface area contributed by atoms with Crippen LogP contribution in [0.2, 0.25) is 39.3 Å². The lowest BCUT2D eigenvalue weighted by Crippen LogP contribution is -2.33. The predicted molar refractivity (Wildman–Crippen MR) is 82.3 cm³/mol. The van der Waals surface area contributed by atoms with Gasteiger partial charge in [0.1, 0.15) is 0 Å². The van der Waals surface area contributed by atoms with Crippen LogP contribution in [0.15, 0.2) is 33.9 Å².